The van der Waals surface area contributed by atoms with E-state index in [1.165, 1.54) is 0 Å². The summed E-state index contributed by atoms with van der Waals surface area (Å²) in [6.45, 7) is 5.97. The fourth-order valence-corrected chi connectivity index (χ4v) is 2.38. The van der Waals surface area contributed by atoms with Crippen LogP contribution in [0.1, 0.15) is 11.4 Å². The van der Waals surface area contributed by atoms with Gasteiger partial charge in [-0.1, -0.05) is 0 Å². The van der Waals surface area contributed by atoms with Crippen molar-refractivity contribution in [2.45, 2.75) is 13.5 Å². The first-order valence-electron chi connectivity index (χ1n) is 6.21. The van der Waals surface area contributed by atoms with Crippen LogP contribution < -0.4 is 0 Å². The van der Waals surface area contributed by atoms with Crippen molar-refractivity contribution < 1.29 is 9.84 Å². The number of rotatable bonds is 2. The maximum Gasteiger partial charge on any atom is 0.122 e. The lowest BCUT2D eigenvalue weighted by molar-refractivity contribution is 0.0340. The molecule has 2 N–H and O–H groups in total. The highest BCUT2D eigenvalue weighted by Gasteiger charge is 2.16. The molecular formula is C13H19Cl2N3O2. The van der Waals surface area contributed by atoms with Crippen molar-refractivity contribution in [3.8, 4) is 5.75 Å². The largest absolute Gasteiger partial charge is 0.508 e. The van der Waals surface area contributed by atoms with Gasteiger partial charge < -0.3 is 14.8 Å². The first-order valence-corrected chi connectivity index (χ1v) is 6.21. The SMILES string of the molecule is Cc1nc2c(CN3CCOCC3)c(O)ccc2[nH]1.Cl.Cl. The van der Waals surface area contributed by atoms with Crippen LogP contribution in [0, 0.1) is 6.92 Å². The number of ether oxygens (including phenoxy) is 1. The minimum absolute atomic E-state index is 0. The van der Waals surface area contributed by atoms with Crippen molar-refractivity contribution in [3.05, 3.63) is 23.5 Å². The van der Waals surface area contributed by atoms with Gasteiger partial charge in [-0.3, -0.25) is 4.90 Å². The monoisotopic (exact) mass is 319 g/mol. The summed E-state index contributed by atoms with van der Waals surface area (Å²) in [4.78, 5) is 9.94. The first-order chi connectivity index (χ1) is 8.74. The van der Waals surface area contributed by atoms with E-state index in [0.717, 1.165) is 55.3 Å². The normalized spacial score (nSPS) is 15.7. The average molecular weight is 320 g/mol. The molecule has 1 aromatic carbocycles. The second-order valence-electron chi connectivity index (χ2n) is 4.67. The highest BCUT2D eigenvalue weighted by atomic mass is 35.5. The van der Waals surface area contributed by atoms with Gasteiger partial charge in [-0.05, 0) is 19.1 Å². The molecule has 1 aliphatic heterocycles. The first kappa shape index (κ1) is 17.0. The fraction of sp³-hybridized carbons (Fsp3) is 0.462. The zero-order valence-electron chi connectivity index (χ0n) is 11.3. The molecule has 0 aliphatic carbocycles. The van der Waals surface area contributed by atoms with Crippen LogP contribution in [0.4, 0.5) is 0 Å². The lowest BCUT2D eigenvalue weighted by Gasteiger charge is -2.26. The Kier molecular flexibility index (Phi) is 6.07. The van der Waals surface area contributed by atoms with E-state index in [9.17, 15) is 5.11 Å². The summed E-state index contributed by atoms with van der Waals surface area (Å²) in [5.74, 6) is 1.19. The molecule has 0 radical (unpaired) electrons. The number of morpholine rings is 1. The number of phenols is 1. The van der Waals surface area contributed by atoms with Gasteiger partial charge in [0.05, 0.1) is 24.2 Å². The predicted octanol–water partition coefficient (Wildman–Crippen LogP) is 2.25. The number of nitrogens with zero attached hydrogens (tertiary/aromatic N) is 2. The van der Waals surface area contributed by atoms with E-state index in [-0.39, 0.29) is 24.8 Å². The molecule has 2 heterocycles. The summed E-state index contributed by atoms with van der Waals surface area (Å²) in [6.07, 6.45) is 0. The average Bonchev–Trinajstić information content (AvgIpc) is 2.75. The zero-order chi connectivity index (χ0) is 12.5. The number of aromatic nitrogens is 2. The van der Waals surface area contributed by atoms with Crippen molar-refractivity contribution in [2.24, 2.45) is 0 Å². The van der Waals surface area contributed by atoms with E-state index in [0.29, 0.717) is 5.75 Å². The second kappa shape index (κ2) is 7.13. The van der Waals surface area contributed by atoms with Crippen molar-refractivity contribution in [1.29, 1.82) is 0 Å². The Balaban J connectivity index is 0.000001000. The van der Waals surface area contributed by atoms with Gasteiger partial charge in [0.25, 0.3) is 0 Å². The third-order valence-electron chi connectivity index (χ3n) is 3.34. The van der Waals surface area contributed by atoms with Crippen molar-refractivity contribution in [3.63, 3.8) is 0 Å². The summed E-state index contributed by atoms with van der Waals surface area (Å²) in [5.41, 5.74) is 2.76. The number of aryl methyl sites for hydroxylation is 1. The molecule has 1 saturated heterocycles. The number of halogens is 2. The summed E-state index contributed by atoms with van der Waals surface area (Å²) in [5, 5.41) is 10.0. The predicted molar refractivity (Wildman–Crippen MR) is 83.1 cm³/mol. The third-order valence-corrected chi connectivity index (χ3v) is 3.34. The molecule has 0 bridgehead atoms. The number of phenolic OH excluding ortho intramolecular Hbond substituents is 1. The van der Waals surface area contributed by atoms with E-state index < -0.39 is 0 Å². The van der Waals surface area contributed by atoms with E-state index in [4.69, 9.17) is 4.74 Å². The van der Waals surface area contributed by atoms with Gasteiger partial charge in [0.2, 0.25) is 0 Å². The lowest BCUT2D eigenvalue weighted by atomic mass is 10.1. The van der Waals surface area contributed by atoms with Crippen molar-refractivity contribution in [2.75, 3.05) is 26.3 Å². The minimum Gasteiger partial charge on any atom is -0.508 e. The maximum absolute atomic E-state index is 10.0. The second-order valence-corrected chi connectivity index (χ2v) is 4.67. The Morgan fingerprint density at radius 3 is 2.70 bits per heavy atom. The minimum atomic E-state index is 0. The van der Waals surface area contributed by atoms with Gasteiger partial charge in [0.1, 0.15) is 11.6 Å². The van der Waals surface area contributed by atoms with Crippen LogP contribution in [0.5, 0.6) is 5.75 Å². The highest BCUT2D eigenvalue weighted by Crippen LogP contribution is 2.27. The summed E-state index contributed by atoms with van der Waals surface area (Å²) in [6, 6.07) is 3.60. The summed E-state index contributed by atoms with van der Waals surface area (Å²) >= 11 is 0. The smallest absolute Gasteiger partial charge is 0.122 e. The zero-order valence-corrected chi connectivity index (χ0v) is 12.9. The van der Waals surface area contributed by atoms with Crippen molar-refractivity contribution in [1.82, 2.24) is 14.9 Å². The lowest BCUT2D eigenvalue weighted by Crippen LogP contribution is -2.35. The molecule has 0 unspecified atom stereocenters. The number of fused-ring (bicyclic) bond motifs is 1. The number of aromatic amines is 1. The number of hydrogen-bond donors (Lipinski definition) is 2. The molecular weight excluding hydrogens is 301 g/mol. The standard InChI is InChI=1S/C13H17N3O2.2ClH/c1-9-14-11-2-3-12(17)10(13(11)15-9)8-16-4-6-18-7-5-16;;/h2-3,17H,4-8H2,1H3,(H,14,15);2*1H. The number of hydrogen-bond acceptors (Lipinski definition) is 4. The molecule has 0 amide bonds. The van der Waals surface area contributed by atoms with Gasteiger partial charge in [-0.2, -0.15) is 0 Å². The van der Waals surface area contributed by atoms with Gasteiger partial charge in [0.15, 0.2) is 0 Å². The van der Waals surface area contributed by atoms with Crippen LogP contribution in [-0.4, -0.2) is 46.3 Å². The van der Waals surface area contributed by atoms with Crippen LogP contribution >= 0.6 is 24.8 Å². The van der Waals surface area contributed by atoms with Crippen LogP contribution in [0.3, 0.4) is 0 Å². The molecule has 3 rings (SSSR count). The quantitative estimate of drug-likeness (QED) is 0.891. The topological polar surface area (TPSA) is 61.4 Å². The number of H-pyrrole nitrogens is 1. The van der Waals surface area contributed by atoms with Gasteiger partial charge >= 0.3 is 0 Å². The number of aromatic hydroxyl groups is 1. The Morgan fingerprint density at radius 1 is 1.30 bits per heavy atom. The molecule has 0 saturated carbocycles. The molecule has 2 aromatic rings. The van der Waals surface area contributed by atoms with Crippen LogP contribution in [-0.2, 0) is 11.3 Å². The molecule has 5 nitrogen and oxygen atoms in total. The van der Waals surface area contributed by atoms with Gasteiger partial charge in [0, 0.05) is 25.2 Å². The number of nitrogens with one attached hydrogen (secondary N) is 1. The molecule has 20 heavy (non-hydrogen) atoms. The Morgan fingerprint density at radius 2 is 2.00 bits per heavy atom. The molecule has 1 fully saturated rings. The van der Waals surface area contributed by atoms with Crippen molar-refractivity contribution >= 4 is 35.8 Å². The maximum atomic E-state index is 10.0. The number of benzene rings is 1. The molecule has 112 valence electrons. The summed E-state index contributed by atoms with van der Waals surface area (Å²) in [7, 11) is 0. The van der Waals surface area contributed by atoms with Crippen LogP contribution in [0.2, 0.25) is 0 Å². The molecule has 7 heteroatoms. The van der Waals surface area contributed by atoms with E-state index in [2.05, 4.69) is 14.9 Å². The Bertz CT molecular complexity index is 568. The molecule has 1 aromatic heterocycles. The highest BCUT2D eigenvalue weighted by molar-refractivity contribution is 5.85. The Hall–Kier alpha value is -1.01. The van der Waals surface area contributed by atoms with Gasteiger partial charge in [-0.25, -0.2) is 4.98 Å². The summed E-state index contributed by atoms with van der Waals surface area (Å²) < 4.78 is 5.33. The van der Waals surface area contributed by atoms with Crippen LogP contribution in [0.15, 0.2) is 12.1 Å². The molecule has 0 spiro atoms. The van der Waals surface area contributed by atoms with E-state index >= 15 is 0 Å². The fourth-order valence-electron chi connectivity index (χ4n) is 2.38. The Labute approximate surface area is 130 Å². The van der Waals surface area contributed by atoms with E-state index in [1.807, 2.05) is 13.0 Å². The third kappa shape index (κ3) is 3.35. The number of imidazole rings is 1. The molecule has 1 aliphatic rings. The van der Waals surface area contributed by atoms with E-state index in [1.54, 1.807) is 6.07 Å². The van der Waals surface area contributed by atoms with Crippen LogP contribution in [0.25, 0.3) is 11.0 Å². The molecule has 0 atom stereocenters. The van der Waals surface area contributed by atoms with Gasteiger partial charge in [-0.15, -0.1) is 24.8 Å².